The van der Waals surface area contributed by atoms with Crippen LogP contribution in [0.3, 0.4) is 0 Å². The van der Waals surface area contributed by atoms with Crippen molar-refractivity contribution < 1.29 is 4.79 Å². The Labute approximate surface area is 128 Å². The number of nitriles is 2. The zero-order valence-electron chi connectivity index (χ0n) is 12.3. The number of amides is 1. The number of aryl methyl sites for hydroxylation is 2. The van der Waals surface area contributed by atoms with E-state index in [9.17, 15) is 10.1 Å². The van der Waals surface area contributed by atoms with E-state index < -0.39 is 5.91 Å². The van der Waals surface area contributed by atoms with Crippen LogP contribution in [-0.4, -0.2) is 10.6 Å². The Hall–Kier alpha value is -3.31. The molecule has 0 aliphatic carbocycles. The van der Waals surface area contributed by atoms with Crippen molar-refractivity contribution in [3.63, 3.8) is 0 Å². The molecule has 1 N–H and O–H groups in total. The van der Waals surface area contributed by atoms with E-state index >= 15 is 0 Å². The van der Waals surface area contributed by atoms with Crippen LogP contribution in [0.15, 0.2) is 42.0 Å². The third-order valence-electron chi connectivity index (χ3n) is 3.20. The number of nitrogens with one attached hydrogen (secondary N) is 1. The molecular weight excluding hydrogens is 276 g/mol. The van der Waals surface area contributed by atoms with Gasteiger partial charge < -0.3 is 0 Å². The van der Waals surface area contributed by atoms with Gasteiger partial charge in [-0.1, -0.05) is 12.1 Å². The summed E-state index contributed by atoms with van der Waals surface area (Å²) in [5, 5.41) is 17.9. The molecule has 0 fully saturated rings. The van der Waals surface area contributed by atoms with Crippen LogP contribution in [0.4, 0.5) is 0 Å². The number of carbonyl (C=O) groups excluding carboxylic acids is 1. The van der Waals surface area contributed by atoms with E-state index in [0.29, 0.717) is 11.1 Å². The van der Waals surface area contributed by atoms with Crippen molar-refractivity contribution in [3.8, 4) is 12.1 Å². The maximum Gasteiger partial charge on any atom is 0.280 e. The van der Waals surface area contributed by atoms with Gasteiger partial charge in [0.2, 0.25) is 0 Å². The van der Waals surface area contributed by atoms with Gasteiger partial charge in [0.25, 0.3) is 5.91 Å². The highest BCUT2D eigenvalue weighted by molar-refractivity contribution is 6.06. The minimum absolute atomic E-state index is 0.00259. The maximum atomic E-state index is 12.2. The summed E-state index contributed by atoms with van der Waals surface area (Å²) in [5.41, 5.74) is 5.65. The molecule has 1 aromatic heterocycles. The standard InChI is InChI=1S/C17H14N4O/c1-12-3-4-13(2)21(12)20-17(22)16(11-19)9-14-5-7-15(10-18)8-6-14/h3-9H,1-2H3,(H,20,22)/b16-9-. The van der Waals surface area contributed by atoms with Crippen LogP contribution >= 0.6 is 0 Å². The summed E-state index contributed by atoms with van der Waals surface area (Å²) in [4.78, 5) is 12.2. The number of hydrogen-bond acceptors (Lipinski definition) is 3. The molecular formula is C17H14N4O. The van der Waals surface area contributed by atoms with Crippen molar-refractivity contribution in [2.75, 3.05) is 5.43 Å². The minimum atomic E-state index is -0.478. The van der Waals surface area contributed by atoms with Crippen molar-refractivity contribution >= 4 is 12.0 Å². The van der Waals surface area contributed by atoms with E-state index in [1.807, 2.05) is 38.1 Å². The van der Waals surface area contributed by atoms with Gasteiger partial charge in [0.15, 0.2) is 0 Å². The number of carbonyl (C=O) groups is 1. The zero-order valence-corrected chi connectivity index (χ0v) is 12.3. The van der Waals surface area contributed by atoms with Gasteiger partial charge in [-0.05, 0) is 49.8 Å². The van der Waals surface area contributed by atoms with Crippen molar-refractivity contribution in [1.82, 2.24) is 4.68 Å². The topological polar surface area (TPSA) is 81.6 Å². The number of hydrogen-bond donors (Lipinski definition) is 1. The van der Waals surface area contributed by atoms with Crippen LogP contribution in [0, 0.1) is 36.5 Å². The van der Waals surface area contributed by atoms with E-state index in [2.05, 4.69) is 5.43 Å². The number of benzene rings is 1. The molecule has 108 valence electrons. The summed E-state index contributed by atoms with van der Waals surface area (Å²) in [6, 6.07) is 14.3. The lowest BCUT2D eigenvalue weighted by molar-refractivity contribution is -0.113. The van der Waals surface area contributed by atoms with E-state index in [1.165, 1.54) is 6.08 Å². The predicted octanol–water partition coefficient (Wildman–Crippen LogP) is 2.65. The Morgan fingerprint density at radius 1 is 1.09 bits per heavy atom. The van der Waals surface area contributed by atoms with Crippen LogP contribution in [0.2, 0.25) is 0 Å². The van der Waals surface area contributed by atoms with Crippen molar-refractivity contribution in [1.29, 1.82) is 10.5 Å². The molecule has 0 aliphatic heterocycles. The molecule has 0 saturated heterocycles. The second-order valence-electron chi connectivity index (χ2n) is 4.80. The highest BCUT2D eigenvalue weighted by Gasteiger charge is 2.11. The summed E-state index contributed by atoms with van der Waals surface area (Å²) in [6.07, 6.45) is 1.49. The summed E-state index contributed by atoms with van der Waals surface area (Å²) in [6.45, 7) is 3.73. The third kappa shape index (κ3) is 3.23. The molecule has 0 atom stereocenters. The SMILES string of the molecule is Cc1ccc(C)n1NC(=O)/C(C#N)=C\c1ccc(C#N)cc1. The van der Waals surface area contributed by atoms with Gasteiger partial charge in [-0.15, -0.1) is 0 Å². The van der Waals surface area contributed by atoms with E-state index in [1.54, 1.807) is 28.9 Å². The van der Waals surface area contributed by atoms with Gasteiger partial charge in [-0.2, -0.15) is 10.5 Å². The minimum Gasteiger partial charge on any atom is -0.267 e. The van der Waals surface area contributed by atoms with Crippen LogP contribution in [0.1, 0.15) is 22.5 Å². The summed E-state index contributed by atoms with van der Waals surface area (Å²) in [7, 11) is 0. The van der Waals surface area contributed by atoms with Gasteiger partial charge in [0.1, 0.15) is 11.6 Å². The first-order valence-corrected chi connectivity index (χ1v) is 6.63. The lowest BCUT2D eigenvalue weighted by atomic mass is 10.1. The quantitative estimate of drug-likeness (QED) is 0.697. The largest absolute Gasteiger partial charge is 0.280 e. The predicted molar refractivity (Wildman–Crippen MR) is 83.0 cm³/mol. The van der Waals surface area contributed by atoms with Gasteiger partial charge in [-0.25, -0.2) is 0 Å². The molecule has 0 aliphatic rings. The monoisotopic (exact) mass is 290 g/mol. The van der Waals surface area contributed by atoms with E-state index in [-0.39, 0.29) is 5.57 Å². The van der Waals surface area contributed by atoms with Gasteiger partial charge in [0, 0.05) is 11.4 Å². The zero-order chi connectivity index (χ0) is 16.1. The molecule has 0 bridgehead atoms. The van der Waals surface area contributed by atoms with Gasteiger partial charge in [-0.3, -0.25) is 14.9 Å². The summed E-state index contributed by atoms with van der Waals surface area (Å²) >= 11 is 0. The molecule has 1 amide bonds. The molecule has 0 spiro atoms. The fourth-order valence-corrected chi connectivity index (χ4v) is 1.98. The highest BCUT2D eigenvalue weighted by atomic mass is 16.2. The summed E-state index contributed by atoms with van der Waals surface area (Å²) in [5.74, 6) is -0.478. The molecule has 0 saturated carbocycles. The van der Waals surface area contributed by atoms with Crippen LogP contribution in [0.5, 0.6) is 0 Å². The highest BCUT2D eigenvalue weighted by Crippen LogP contribution is 2.10. The maximum absolute atomic E-state index is 12.2. The molecule has 2 rings (SSSR count). The first kappa shape index (κ1) is 15.1. The van der Waals surface area contributed by atoms with Gasteiger partial charge in [0.05, 0.1) is 11.6 Å². The third-order valence-corrected chi connectivity index (χ3v) is 3.20. The van der Waals surface area contributed by atoms with E-state index in [4.69, 9.17) is 5.26 Å². The molecule has 22 heavy (non-hydrogen) atoms. The Balaban J connectivity index is 2.24. The average molecular weight is 290 g/mol. The first-order valence-electron chi connectivity index (χ1n) is 6.63. The van der Waals surface area contributed by atoms with Crippen LogP contribution in [-0.2, 0) is 4.79 Å². The second kappa shape index (κ2) is 6.43. The fraction of sp³-hybridized carbons (Fsp3) is 0.118. The summed E-state index contributed by atoms with van der Waals surface area (Å²) < 4.78 is 1.63. The molecule has 0 unspecified atom stereocenters. The Morgan fingerprint density at radius 2 is 1.68 bits per heavy atom. The molecule has 1 heterocycles. The average Bonchev–Trinajstić information content (AvgIpc) is 2.85. The number of aromatic nitrogens is 1. The molecule has 0 radical (unpaired) electrons. The first-order chi connectivity index (χ1) is 10.5. The second-order valence-corrected chi connectivity index (χ2v) is 4.80. The number of nitrogens with zero attached hydrogens (tertiary/aromatic N) is 3. The molecule has 5 nitrogen and oxygen atoms in total. The molecule has 2 aromatic rings. The van der Waals surface area contributed by atoms with Crippen molar-refractivity contribution in [2.24, 2.45) is 0 Å². The number of rotatable bonds is 3. The lowest BCUT2D eigenvalue weighted by Crippen LogP contribution is -2.25. The molecule has 5 heteroatoms. The smallest absolute Gasteiger partial charge is 0.267 e. The normalized spacial score (nSPS) is 10.6. The van der Waals surface area contributed by atoms with Crippen LogP contribution < -0.4 is 5.43 Å². The van der Waals surface area contributed by atoms with E-state index in [0.717, 1.165) is 11.4 Å². The van der Waals surface area contributed by atoms with Crippen molar-refractivity contribution in [2.45, 2.75) is 13.8 Å². The lowest BCUT2D eigenvalue weighted by Gasteiger charge is -2.10. The Bertz CT molecular complexity index is 794. The Kier molecular flexibility index (Phi) is 4.41. The fourth-order valence-electron chi connectivity index (χ4n) is 1.98. The Morgan fingerprint density at radius 3 is 2.18 bits per heavy atom. The van der Waals surface area contributed by atoms with Crippen LogP contribution in [0.25, 0.3) is 6.08 Å². The molecule has 1 aromatic carbocycles. The van der Waals surface area contributed by atoms with Crippen molar-refractivity contribution in [3.05, 3.63) is 64.5 Å². The van der Waals surface area contributed by atoms with Gasteiger partial charge >= 0.3 is 0 Å².